The standard InChI is InChI=1S/C25H20N4O3/c1-15-10-17(24(26)30)4-7-21(15)29-22-11-16(13-28-9-8-27-14-28)2-5-19(22)20-6-3-18(25(31)32)12-23(20)29/h2-12,14H,13H2,1H3,(H2,26,30)(H,31,32). The third-order valence-electron chi connectivity index (χ3n) is 5.73. The lowest BCUT2D eigenvalue weighted by molar-refractivity contribution is 0.0696. The number of benzene rings is 3. The number of aromatic nitrogens is 3. The molecule has 0 saturated carbocycles. The minimum atomic E-state index is -0.981. The number of primary amides is 1. The summed E-state index contributed by atoms with van der Waals surface area (Å²) >= 11 is 0. The van der Waals surface area contributed by atoms with Crippen molar-refractivity contribution in [2.75, 3.05) is 0 Å². The minimum absolute atomic E-state index is 0.214. The van der Waals surface area contributed by atoms with Crippen LogP contribution >= 0.6 is 0 Å². The molecule has 1 amide bonds. The number of carboxylic acid groups (broad SMARTS) is 1. The summed E-state index contributed by atoms with van der Waals surface area (Å²) in [6, 6.07) is 16.7. The molecule has 0 radical (unpaired) electrons. The first-order valence-corrected chi connectivity index (χ1v) is 10.1. The number of hydrogen-bond donors (Lipinski definition) is 2. The number of imidazole rings is 1. The molecule has 0 bridgehead atoms. The van der Waals surface area contributed by atoms with E-state index in [1.807, 2.05) is 29.8 Å². The number of carbonyl (C=O) groups excluding carboxylic acids is 1. The second kappa shape index (κ2) is 7.39. The molecule has 7 heteroatoms. The topological polar surface area (TPSA) is 103 Å². The molecular weight excluding hydrogens is 404 g/mol. The van der Waals surface area contributed by atoms with Crippen LogP contribution in [0.25, 0.3) is 27.5 Å². The Morgan fingerprint density at radius 1 is 0.969 bits per heavy atom. The lowest BCUT2D eigenvalue weighted by Crippen LogP contribution is -2.11. The van der Waals surface area contributed by atoms with Crippen LogP contribution in [0.5, 0.6) is 0 Å². The number of fused-ring (bicyclic) bond motifs is 3. The number of nitrogens with zero attached hydrogens (tertiary/aromatic N) is 3. The van der Waals surface area contributed by atoms with Gasteiger partial charge in [0, 0.05) is 41.0 Å². The molecule has 0 saturated heterocycles. The number of amides is 1. The Labute approximate surface area is 183 Å². The average Bonchev–Trinajstić information content (AvgIpc) is 3.39. The quantitative estimate of drug-likeness (QED) is 0.443. The van der Waals surface area contributed by atoms with E-state index < -0.39 is 11.9 Å². The van der Waals surface area contributed by atoms with Crippen molar-refractivity contribution in [3.05, 3.63) is 95.6 Å². The van der Waals surface area contributed by atoms with E-state index >= 15 is 0 Å². The van der Waals surface area contributed by atoms with E-state index in [9.17, 15) is 14.7 Å². The molecule has 5 aromatic rings. The number of nitrogens with two attached hydrogens (primary N) is 1. The van der Waals surface area contributed by atoms with E-state index in [1.54, 1.807) is 36.8 Å². The molecule has 2 aromatic heterocycles. The van der Waals surface area contributed by atoms with E-state index in [-0.39, 0.29) is 5.56 Å². The van der Waals surface area contributed by atoms with Crippen molar-refractivity contribution in [1.82, 2.24) is 14.1 Å². The van der Waals surface area contributed by atoms with Gasteiger partial charge in [0.2, 0.25) is 5.91 Å². The second-order valence-corrected chi connectivity index (χ2v) is 7.82. The highest BCUT2D eigenvalue weighted by Gasteiger charge is 2.17. The molecule has 0 atom stereocenters. The fourth-order valence-electron chi connectivity index (χ4n) is 4.21. The maximum atomic E-state index is 11.7. The number of carbonyl (C=O) groups is 2. The monoisotopic (exact) mass is 424 g/mol. The van der Waals surface area contributed by atoms with Gasteiger partial charge in [-0.3, -0.25) is 4.79 Å². The number of aromatic carboxylic acids is 1. The van der Waals surface area contributed by atoms with E-state index in [0.29, 0.717) is 12.1 Å². The molecular formula is C25H20N4O3. The number of carboxylic acids is 1. The van der Waals surface area contributed by atoms with Gasteiger partial charge in [0.1, 0.15) is 0 Å². The molecule has 5 rings (SSSR count). The van der Waals surface area contributed by atoms with Crippen LogP contribution in [-0.2, 0) is 6.54 Å². The Kier molecular flexibility index (Phi) is 4.52. The summed E-state index contributed by atoms with van der Waals surface area (Å²) < 4.78 is 4.04. The summed E-state index contributed by atoms with van der Waals surface area (Å²) in [7, 11) is 0. The summed E-state index contributed by atoms with van der Waals surface area (Å²) in [6.45, 7) is 2.58. The molecule has 0 aliphatic carbocycles. The van der Waals surface area contributed by atoms with Crippen LogP contribution in [-0.4, -0.2) is 31.1 Å². The van der Waals surface area contributed by atoms with Crippen LogP contribution in [0.2, 0.25) is 0 Å². The van der Waals surface area contributed by atoms with Crippen molar-refractivity contribution in [3.8, 4) is 5.69 Å². The second-order valence-electron chi connectivity index (χ2n) is 7.82. The molecule has 0 aliphatic rings. The molecule has 0 unspecified atom stereocenters. The van der Waals surface area contributed by atoms with E-state index in [0.717, 1.165) is 38.6 Å². The molecule has 3 aromatic carbocycles. The van der Waals surface area contributed by atoms with Crippen molar-refractivity contribution < 1.29 is 14.7 Å². The average molecular weight is 424 g/mol. The zero-order chi connectivity index (χ0) is 22.4. The molecule has 32 heavy (non-hydrogen) atoms. The summed E-state index contributed by atoms with van der Waals surface area (Å²) in [4.78, 5) is 27.4. The number of hydrogen-bond acceptors (Lipinski definition) is 3. The first-order valence-electron chi connectivity index (χ1n) is 10.1. The molecule has 7 nitrogen and oxygen atoms in total. The highest BCUT2D eigenvalue weighted by molar-refractivity contribution is 6.11. The van der Waals surface area contributed by atoms with Crippen LogP contribution in [0.1, 0.15) is 31.8 Å². The van der Waals surface area contributed by atoms with Gasteiger partial charge in [-0.2, -0.15) is 0 Å². The van der Waals surface area contributed by atoms with Gasteiger partial charge in [-0.05, 0) is 54.4 Å². The van der Waals surface area contributed by atoms with Crippen LogP contribution in [0.15, 0.2) is 73.3 Å². The van der Waals surface area contributed by atoms with Crippen molar-refractivity contribution in [2.45, 2.75) is 13.5 Å². The van der Waals surface area contributed by atoms with Gasteiger partial charge in [0.25, 0.3) is 0 Å². The molecule has 2 heterocycles. The van der Waals surface area contributed by atoms with Crippen LogP contribution < -0.4 is 5.73 Å². The largest absolute Gasteiger partial charge is 0.478 e. The minimum Gasteiger partial charge on any atom is -0.478 e. The lowest BCUT2D eigenvalue weighted by atomic mass is 10.1. The van der Waals surface area contributed by atoms with E-state index in [1.165, 1.54) is 0 Å². The zero-order valence-corrected chi connectivity index (χ0v) is 17.3. The van der Waals surface area contributed by atoms with Crippen LogP contribution in [0, 0.1) is 6.92 Å². The Bertz CT molecular complexity index is 1510. The van der Waals surface area contributed by atoms with Gasteiger partial charge in [0.15, 0.2) is 0 Å². The third kappa shape index (κ3) is 3.20. The zero-order valence-electron chi connectivity index (χ0n) is 17.3. The van der Waals surface area contributed by atoms with Crippen molar-refractivity contribution in [1.29, 1.82) is 0 Å². The smallest absolute Gasteiger partial charge is 0.335 e. The summed E-state index contributed by atoms with van der Waals surface area (Å²) in [5.41, 5.74) is 10.6. The lowest BCUT2D eigenvalue weighted by Gasteiger charge is -2.13. The SMILES string of the molecule is Cc1cc(C(N)=O)ccc1-n1c2cc(Cn3ccnc3)ccc2c2ccc(C(=O)O)cc21. The molecule has 0 spiro atoms. The van der Waals surface area contributed by atoms with Gasteiger partial charge < -0.3 is 20.0 Å². The van der Waals surface area contributed by atoms with Gasteiger partial charge in [0.05, 0.1) is 22.9 Å². The van der Waals surface area contributed by atoms with Gasteiger partial charge in [-0.15, -0.1) is 0 Å². The normalized spacial score (nSPS) is 11.3. The van der Waals surface area contributed by atoms with E-state index in [4.69, 9.17) is 5.73 Å². The first kappa shape index (κ1) is 19.6. The maximum Gasteiger partial charge on any atom is 0.335 e. The molecule has 0 aliphatic heterocycles. The third-order valence-corrected chi connectivity index (χ3v) is 5.73. The summed E-state index contributed by atoms with van der Waals surface area (Å²) in [5.74, 6) is -1.47. The predicted molar refractivity (Wildman–Crippen MR) is 122 cm³/mol. The predicted octanol–water partition coefficient (Wildman–Crippen LogP) is 4.13. The highest BCUT2D eigenvalue weighted by atomic mass is 16.4. The van der Waals surface area contributed by atoms with Gasteiger partial charge in [-0.25, -0.2) is 9.78 Å². The fraction of sp³-hybridized carbons (Fsp3) is 0.0800. The van der Waals surface area contributed by atoms with Crippen molar-refractivity contribution in [2.24, 2.45) is 5.73 Å². The number of aryl methyl sites for hydroxylation is 1. The maximum absolute atomic E-state index is 11.7. The Morgan fingerprint density at radius 2 is 1.69 bits per heavy atom. The Balaban J connectivity index is 1.81. The van der Waals surface area contributed by atoms with E-state index in [2.05, 4.69) is 27.8 Å². The summed E-state index contributed by atoms with van der Waals surface area (Å²) in [6.07, 6.45) is 5.42. The number of rotatable bonds is 5. The Hall–Kier alpha value is -4.39. The van der Waals surface area contributed by atoms with Crippen LogP contribution in [0.3, 0.4) is 0 Å². The molecule has 0 fully saturated rings. The van der Waals surface area contributed by atoms with Gasteiger partial charge in [-0.1, -0.05) is 18.2 Å². The highest BCUT2D eigenvalue weighted by Crippen LogP contribution is 2.34. The molecule has 3 N–H and O–H groups in total. The Morgan fingerprint density at radius 3 is 2.34 bits per heavy atom. The summed E-state index contributed by atoms with van der Waals surface area (Å²) in [5, 5.41) is 11.5. The van der Waals surface area contributed by atoms with Crippen LogP contribution in [0.4, 0.5) is 0 Å². The first-order chi connectivity index (χ1) is 15.4. The van der Waals surface area contributed by atoms with Gasteiger partial charge >= 0.3 is 5.97 Å². The molecule has 158 valence electrons. The fourth-order valence-corrected chi connectivity index (χ4v) is 4.21. The van der Waals surface area contributed by atoms with Crippen molar-refractivity contribution >= 4 is 33.7 Å². The van der Waals surface area contributed by atoms with Crippen molar-refractivity contribution in [3.63, 3.8) is 0 Å².